The molecule has 1 aromatic carbocycles. The van der Waals surface area contributed by atoms with Crippen LogP contribution in [-0.4, -0.2) is 66.4 Å². The summed E-state index contributed by atoms with van der Waals surface area (Å²) >= 11 is 6.52. The van der Waals surface area contributed by atoms with Gasteiger partial charge in [0.2, 0.25) is 0 Å². The van der Waals surface area contributed by atoms with E-state index < -0.39 is 12.2 Å². The molecule has 1 amide bonds. The maximum atomic E-state index is 12.1. The average Bonchev–Trinajstić information content (AvgIpc) is 3.24. The summed E-state index contributed by atoms with van der Waals surface area (Å²) in [6.45, 7) is 6.28. The van der Waals surface area contributed by atoms with E-state index in [1.165, 1.54) is 12.0 Å². The number of nitrogens with one attached hydrogen (secondary N) is 1. The second kappa shape index (κ2) is 11.4. The Hall–Kier alpha value is -3.07. The minimum absolute atomic E-state index is 0.241. The van der Waals surface area contributed by atoms with Crippen molar-refractivity contribution >= 4 is 29.5 Å². The van der Waals surface area contributed by atoms with E-state index in [0.717, 1.165) is 17.0 Å². The van der Waals surface area contributed by atoms with Crippen LogP contribution in [-0.2, 0) is 27.1 Å². The van der Waals surface area contributed by atoms with Crippen LogP contribution in [0, 0.1) is 0 Å². The summed E-state index contributed by atoms with van der Waals surface area (Å²) < 4.78 is 15.7. The molecule has 2 aromatic rings. The Morgan fingerprint density at radius 1 is 1.12 bits per heavy atom. The van der Waals surface area contributed by atoms with Gasteiger partial charge in [-0.2, -0.15) is 0 Å². The van der Waals surface area contributed by atoms with Crippen molar-refractivity contribution in [1.29, 1.82) is 0 Å². The number of likely N-dealkylation sites (tertiary alicyclic amines) is 1. The molecule has 0 unspecified atom stereocenters. The van der Waals surface area contributed by atoms with Crippen molar-refractivity contribution in [2.45, 2.75) is 52.2 Å². The van der Waals surface area contributed by atoms with Crippen molar-refractivity contribution in [3.8, 4) is 17.0 Å². The number of hydrogen-bond donors (Lipinski definition) is 1. The summed E-state index contributed by atoms with van der Waals surface area (Å²) in [5, 5.41) is 3.91. The molecule has 0 bridgehead atoms. The Labute approximate surface area is 204 Å². The second-order valence-electron chi connectivity index (χ2n) is 7.87. The Bertz CT molecular complexity index is 1050. The molecule has 1 aliphatic rings. The largest absolute Gasteiger partial charge is 0.497 e. The molecule has 0 aliphatic carbocycles. The zero-order valence-electron chi connectivity index (χ0n) is 20.2. The predicted octanol–water partition coefficient (Wildman–Crippen LogP) is 4.11. The normalized spacial score (nSPS) is 17.4. The molecule has 34 heavy (non-hydrogen) atoms. The van der Waals surface area contributed by atoms with E-state index in [0.29, 0.717) is 41.7 Å². The molecule has 1 aromatic heterocycles. The lowest BCUT2D eigenvalue weighted by molar-refractivity contribution is -0.148. The first-order chi connectivity index (χ1) is 16.3. The van der Waals surface area contributed by atoms with Crippen LogP contribution < -0.4 is 10.1 Å². The molecule has 0 radical (unpaired) electrons. The van der Waals surface area contributed by atoms with Crippen LogP contribution in [0.25, 0.3) is 11.3 Å². The topological polar surface area (TPSA) is 103 Å². The third-order valence-electron chi connectivity index (χ3n) is 5.73. The van der Waals surface area contributed by atoms with Gasteiger partial charge in [-0.05, 0) is 31.0 Å². The SMILES string of the molecule is CCC(=O)O[C@H]1CN(C(=O)OC)C[C@H]1Nc1nc(CC)c(-c2ccc(OC)cc2Cl)nc1CC. The van der Waals surface area contributed by atoms with Crippen molar-refractivity contribution in [3.63, 3.8) is 0 Å². The summed E-state index contributed by atoms with van der Waals surface area (Å²) in [5.41, 5.74) is 3.02. The molecular weight excluding hydrogens is 460 g/mol. The number of halogens is 1. The average molecular weight is 491 g/mol. The van der Waals surface area contributed by atoms with Crippen molar-refractivity contribution < 1.29 is 23.8 Å². The van der Waals surface area contributed by atoms with Crippen LogP contribution in [0.1, 0.15) is 38.6 Å². The second-order valence-corrected chi connectivity index (χ2v) is 8.28. The van der Waals surface area contributed by atoms with Gasteiger partial charge < -0.3 is 24.4 Å². The molecule has 1 aliphatic heterocycles. The van der Waals surface area contributed by atoms with Crippen LogP contribution in [0.15, 0.2) is 18.2 Å². The number of anilines is 1. The van der Waals surface area contributed by atoms with E-state index in [1.54, 1.807) is 20.1 Å². The number of rotatable bonds is 8. The summed E-state index contributed by atoms with van der Waals surface area (Å²) in [6, 6.07) is 5.12. The van der Waals surface area contributed by atoms with Crippen molar-refractivity contribution in [1.82, 2.24) is 14.9 Å². The van der Waals surface area contributed by atoms with E-state index in [9.17, 15) is 9.59 Å². The molecular formula is C24H31ClN4O5. The number of carbonyl (C=O) groups is 2. The zero-order valence-corrected chi connectivity index (χ0v) is 20.9. The molecule has 9 nitrogen and oxygen atoms in total. The fraction of sp³-hybridized carbons (Fsp3) is 0.500. The van der Waals surface area contributed by atoms with E-state index in [2.05, 4.69) is 5.32 Å². The monoisotopic (exact) mass is 490 g/mol. The molecule has 3 rings (SSSR count). The number of aryl methyl sites for hydroxylation is 2. The van der Waals surface area contributed by atoms with Crippen LogP contribution in [0.4, 0.5) is 10.6 Å². The predicted molar refractivity (Wildman–Crippen MR) is 129 cm³/mol. The van der Waals surface area contributed by atoms with Gasteiger partial charge in [0, 0.05) is 18.5 Å². The lowest BCUT2D eigenvalue weighted by Crippen LogP contribution is -2.36. The van der Waals surface area contributed by atoms with Gasteiger partial charge >= 0.3 is 12.1 Å². The molecule has 0 saturated carbocycles. The summed E-state index contributed by atoms with van der Waals surface area (Å²) in [4.78, 5) is 35.4. The maximum Gasteiger partial charge on any atom is 0.409 e. The Morgan fingerprint density at radius 3 is 2.44 bits per heavy atom. The Morgan fingerprint density at radius 2 is 1.85 bits per heavy atom. The van der Waals surface area contributed by atoms with Gasteiger partial charge in [-0.3, -0.25) is 4.79 Å². The number of esters is 1. The number of aromatic nitrogens is 2. The molecule has 184 valence electrons. The first-order valence-electron chi connectivity index (χ1n) is 11.4. The maximum absolute atomic E-state index is 12.1. The van der Waals surface area contributed by atoms with E-state index in [1.807, 2.05) is 26.0 Å². The number of benzene rings is 1. The zero-order chi connectivity index (χ0) is 24.8. The number of nitrogens with zero attached hydrogens (tertiary/aromatic N) is 3. The third kappa shape index (κ3) is 5.52. The summed E-state index contributed by atoms with van der Waals surface area (Å²) in [7, 11) is 2.92. The highest BCUT2D eigenvalue weighted by Gasteiger charge is 2.39. The molecule has 0 spiro atoms. The minimum Gasteiger partial charge on any atom is -0.497 e. The number of carbonyl (C=O) groups excluding carboxylic acids is 2. The first-order valence-corrected chi connectivity index (χ1v) is 11.7. The summed E-state index contributed by atoms with van der Waals surface area (Å²) in [6.07, 6.45) is 0.503. The number of hydrogen-bond acceptors (Lipinski definition) is 8. The molecule has 1 N–H and O–H groups in total. The van der Waals surface area contributed by atoms with Crippen LogP contribution >= 0.6 is 11.6 Å². The highest BCUT2D eigenvalue weighted by molar-refractivity contribution is 6.33. The van der Waals surface area contributed by atoms with Gasteiger partial charge in [0.25, 0.3) is 0 Å². The van der Waals surface area contributed by atoms with Gasteiger partial charge in [0.05, 0.1) is 48.9 Å². The van der Waals surface area contributed by atoms with Crippen LogP contribution in [0.5, 0.6) is 5.75 Å². The van der Waals surface area contributed by atoms with E-state index in [-0.39, 0.29) is 25.0 Å². The number of amides is 1. The number of methoxy groups -OCH3 is 2. The highest BCUT2D eigenvalue weighted by Crippen LogP contribution is 2.33. The van der Waals surface area contributed by atoms with Crippen molar-refractivity contribution in [2.75, 3.05) is 32.6 Å². The Kier molecular flexibility index (Phi) is 8.55. The van der Waals surface area contributed by atoms with Crippen LogP contribution in [0.2, 0.25) is 5.02 Å². The quantitative estimate of drug-likeness (QED) is 0.551. The van der Waals surface area contributed by atoms with Gasteiger partial charge in [-0.25, -0.2) is 14.8 Å². The number of ether oxygens (including phenoxy) is 3. The van der Waals surface area contributed by atoms with Crippen molar-refractivity contribution in [3.05, 3.63) is 34.6 Å². The highest BCUT2D eigenvalue weighted by atomic mass is 35.5. The minimum atomic E-state index is -0.529. The van der Waals surface area contributed by atoms with E-state index in [4.69, 9.17) is 35.8 Å². The standard InChI is InChI=1S/C24H31ClN4O5/c1-6-17-22(15-10-9-14(32-4)11-16(15)25)26-18(7-2)23(27-17)28-19-12-29(24(31)33-5)13-20(19)34-21(30)8-3/h9-11,19-20H,6-8,12-13H2,1-5H3,(H,27,28)/t19-,20+/m1/s1. The first kappa shape index (κ1) is 25.6. The van der Waals surface area contributed by atoms with Gasteiger partial charge in [-0.15, -0.1) is 0 Å². The molecule has 1 saturated heterocycles. The molecule has 1 fully saturated rings. The lowest BCUT2D eigenvalue weighted by Gasteiger charge is -2.22. The van der Waals surface area contributed by atoms with Gasteiger partial charge in [-0.1, -0.05) is 32.4 Å². The fourth-order valence-corrected chi connectivity index (χ4v) is 4.14. The van der Waals surface area contributed by atoms with Gasteiger partial charge in [0.1, 0.15) is 17.7 Å². The summed E-state index contributed by atoms with van der Waals surface area (Å²) in [5.74, 6) is 0.934. The van der Waals surface area contributed by atoms with Crippen LogP contribution in [0.3, 0.4) is 0 Å². The van der Waals surface area contributed by atoms with Gasteiger partial charge in [0.15, 0.2) is 0 Å². The molecule has 2 atom stereocenters. The Balaban J connectivity index is 1.95. The lowest BCUT2D eigenvalue weighted by atomic mass is 10.1. The molecule has 10 heteroatoms. The van der Waals surface area contributed by atoms with Crippen molar-refractivity contribution in [2.24, 2.45) is 0 Å². The van der Waals surface area contributed by atoms with E-state index >= 15 is 0 Å². The third-order valence-corrected chi connectivity index (χ3v) is 6.05. The molecule has 2 heterocycles. The fourth-order valence-electron chi connectivity index (χ4n) is 3.88. The smallest absolute Gasteiger partial charge is 0.409 e.